The van der Waals surface area contributed by atoms with Crippen LogP contribution < -0.4 is 5.73 Å². The topological polar surface area (TPSA) is 80.4 Å². The minimum Gasteiger partial charge on any atom is -0.476 e. The first-order chi connectivity index (χ1) is 6.63. The van der Waals surface area contributed by atoms with Crippen LogP contribution >= 0.6 is 0 Å². The van der Waals surface area contributed by atoms with Crippen LogP contribution in [0.3, 0.4) is 0 Å². The van der Waals surface area contributed by atoms with E-state index in [4.69, 9.17) is 10.8 Å². The lowest BCUT2D eigenvalue weighted by Crippen LogP contribution is -2.24. The molecule has 0 heterocycles. The van der Waals surface area contributed by atoms with Gasteiger partial charge < -0.3 is 10.8 Å². The van der Waals surface area contributed by atoms with Crippen LogP contribution in [0.4, 0.5) is 0 Å². The molecule has 0 aromatic heterocycles. The van der Waals surface area contributed by atoms with E-state index in [-0.39, 0.29) is 12.3 Å². The number of nitrogens with two attached hydrogens (primary N) is 1. The molecule has 0 saturated heterocycles. The van der Waals surface area contributed by atoms with Gasteiger partial charge in [0.25, 0.3) is 0 Å². The summed E-state index contributed by atoms with van der Waals surface area (Å²) in [6.07, 6.45) is 4.16. The lowest BCUT2D eigenvalue weighted by Gasteiger charge is -2.26. The molecule has 0 aliphatic heterocycles. The molecule has 14 heavy (non-hydrogen) atoms. The number of hydrogen-bond acceptors (Lipinski definition) is 3. The number of hydrogen-bond donors (Lipinski definition) is 2. The third-order valence-corrected chi connectivity index (χ3v) is 3.01. The highest BCUT2D eigenvalue weighted by molar-refractivity contribution is 6.32. The van der Waals surface area contributed by atoms with Crippen molar-refractivity contribution in [3.63, 3.8) is 0 Å². The van der Waals surface area contributed by atoms with E-state index in [1.807, 2.05) is 0 Å². The monoisotopic (exact) mass is 199 g/mol. The molecule has 1 aliphatic rings. The molecule has 1 aliphatic carbocycles. The van der Waals surface area contributed by atoms with Crippen molar-refractivity contribution in [2.24, 2.45) is 17.6 Å². The lowest BCUT2D eigenvalue weighted by molar-refractivity contribution is -0.149. The zero-order valence-corrected chi connectivity index (χ0v) is 8.24. The second kappa shape index (κ2) is 5.10. The first-order valence-corrected chi connectivity index (χ1v) is 5.09. The lowest BCUT2D eigenvalue weighted by atomic mass is 9.80. The Morgan fingerprint density at radius 3 is 2.07 bits per heavy atom. The molecule has 1 saturated carbocycles. The van der Waals surface area contributed by atoms with Gasteiger partial charge in [-0.2, -0.15) is 0 Å². The Bertz CT molecular complexity index is 219. The summed E-state index contributed by atoms with van der Waals surface area (Å²) in [6.45, 7) is 0.708. The van der Waals surface area contributed by atoms with Gasteiger partial charge in [0.05, 0.1) is 0 Å². The van der Waals surface area contributed by atoms with Crippen molar-refractivity contribution in [2.75, 3.05) is 6.54 Å². The number of carbonyl (C=O) groups is 2. The highest BCUT2D eigenvalue weighted by atomic mass is 16.4. The number of carboxylic acid groups (broad SMARTS) is 1. The summed E-state index contributed by atoms with van der Waals surface area (Å²) in [6, 6.07) is 0. The van der Waals surface area contributed by atoms with E-state index in [1.165, 1.54) is 0 Å². The molecular weight excluding hydrogens is 182 g/mol. The van der Waals surface area contributed by atoms with Gasteiger partial charge in [-0.25, -0.2) is 4.79 Å². The van der Waals surface area contributed by atoms with E-state index in [0.29, 0.717) is 12.5 Å². The molecule has 1 rings (SSSR count). The van der Waals surface area contributed by atoms with Crippen molar-refractivity contribution in [1.29, 1.82) is 0 Å². The molecule has 0 unspecified atom stereocenters. The molecule has 80 valence electrons. The minimum atomic E-state index is -1.30. The summed E-state index contributed by atoms with van der Waals surface area (Å²) in [5.41, 5.74) is 5.54. The third-order valence-electron chi connectivity index (χ3n) is 3.01. The van der Waals surface area contributed by atoms with Crippen LogP contribution in [0.15, 0.2) is 0 Å². The fourth-order valence-corrected chi connectivity index (χ4v) is 2.02. The van der Waals surface area contributed by atoms with Gasteiger partial charge in [0, 0.05) is 6.42 Å². The Balaban J connectivity index is 2.29. The molecule has 4 heteroatoms. The van der Waals surface area contributed by atoms with Gasteiger partial charge in [0.2, 0.25) is 5.78 Å². The van der Waals surface area contributed by atoms with Gasteiger partial charge in [-0.05, 0) is 44.1 Å². The van der Waals surface area contributed by atoms with Crippen molar-refractivity contribution < 1.29 is 14.7 Å². The highest BCUT2D eigenvalue weighted by Crippen LogP contribution is 2.30. The van der Waals surface area contributed by atoms with Crippen LogP contribution in [-0.2, 0) is 9.59 Å². The van der Waals surface area contributed by atoms with E-state index < -0.39 is 11.8 Å². The molecule has 0 radical (unpaired) electrons. The summed E-state index contributed by atoms with van der Waals surface area (Å²) in [7, 11) is 0. The smallest absolute Gasteiger partial charge is 0.372 e. The molecular formula is C10H17NO3. The highest BCUT2D eigenvalue weighted by Gasteiger charge is 2.24. The van der Waals surface area contributed by atoms with Gasteiger partial charge >= 0.3 is 5.97 Å². The summed E-state index contributed by atoms with van der Waals surface area (Å²) in [4.78, 5) is 21.3. The van der Waals surface area contributed by atoms with Crippen LogP contribution in [0, 0.1) is 11.8 Å². The van der Waals surface area contributed by atoms with Crippen LogP contribution in [-0.4, -0.2) is 23.4 Å². The molecule has 0 atom stereocenters. The van der Waals surface area contributed by atoms with E-state index in [9.17, 15) is 9.59 Å². The maximum Gasteiger partial charge on any atom is 0.372 e. The first kappa shape index (κ1) is 11.2. The average molecular weight is 199 g/mol. The molecule has 4 nitrogen and oxygen atoms in total. The molecule has 3 N–H and O–H groups in total. The summed E-state index contributed by atoms with van der Waals surface area (Å²) in [5.74, 6) is -1.11. The maximum absolute atomic E-state index is 10.9. The van der Waals surface area contributed by atoms with Crippen molar-refractivity contribution in [1.82, 2.24) is 0 Å². The molecule has 1 fully saturated rings. The Hall–Kier alpha value is -0.900. The Morgan fingerprint density at radius 2 is 1.64 bits per heavy atom. The SMILES string of the molecule is NCC1CCC(CC(=O)C(=O)O)CC1. The van der Waals surface area contributed by atoms with Crippen molar-refractivity contribution in [2.45, 2.75) is 32.1 Å². The average Bonchev–Trinajstić information content (AvgIpc) is 2.19. The van der Waals surface area contributed by atoms with Gasteiger partial charge in [-0.1, -0.05) is 0 Å². The maximum atomic E-state index is 10.9. The van der Waals surface area contributed by atoms with E-state index in [2.05, 4.69) is 0 Å². The summed E-state index contributed by atoms with van der Waals surface area (Å²) >= 11 is 0. The fraction of sp³-hybridized carbons (Fsp3) is 0.800. The van der Waals surface area contributed by atoms with Crippen molar-refractivity contribution in [3.8, 4) is 0 Å². The third kappa shape index (κ3) is 3.10. The van der Waals surface area contributed by atoms with Gasteiger partial charge in [0.1, 0.15) is 0 Å². The minimum absolute atomic E-state index is 0.201. The fourth-order valence-electron chi connectivity index (χ4n) is 2.02. The van der Waals surface area contributed by atoms with Gasteiger partial charge in [-0.3, -0.25) is 4.79 Å². The van der Waals surface area contributed by atoms with E-state index in [1.54, 1.807) is 0 Å². The van der Waals surface area contributed by atoms with Crippen LogP contribution in [0.2, 0.25) is 0 Å². The predicted octanol–water partition coefficient (Wildman–Crippen LogP) is 0.795. The second-order valence-corrected chi connectivity index (χ2v) is 4.05. The van der Waals surface area contributed by atoms with Crippen molar-refractivity contribution in [3.05, 3.63) is 0 Å². The molecule has 0 bridgehead atoms. The zero-order valence-electron chi connectivity index (χ0n) is 8.24. The van der Waals surface area contributed by atoms with E-state index in [0.717, 1.165) is 25.7 Å². The number of Topliss-reactive ketones (excluding diaryl/α,β-unsaturated/α-hetero) is 1. The normalized spacial score (nSPS) is 27.2. The molecule has 0 amide bonds. The number of carbonyl (C=O) groups excluding carboxylic acids is 1. The Morgan fingerprint density at radius 1 is 1.14 bits per heavy atom. The zero-order chi connectivity index (χ0) is 10.6. The van der Waals surface area contributed by atoms with E-state index >= 15 is 0 Å². The largest absolute Gasteiger partial charge is 0.476 e. The molecule has 0 aromatic carbocycles. The van der Waals surface area contributed by atoms with Gasteiger partial charge in [-0.15, -0.1) is 0 Å². The summed E-state index contributed by atoms with van der Waals surface area (Å²) < 4.78 is 0. The predicted molar refractivity (Wildman–Crippen MR) is 51.8 cm³/mol. The molecule has 0 aromatic rings. The van der Waals surface area contributed by atoms with Crippen LogP contribution in [0.25, 0.3) is 0 Å². The number of aliphatic carboxylic acids is 1. The molecule has 0 spiro atoms. The number of carboxylic acids is 1. The second-order valence-electron chi connectivity index (χ2n) is 4.05. The van der Waals surface area contributed by atoms with Crippen LogP contribution in [0.5, 0.6) is 0 Å². The Labute approximate surface area is 83.5 Å². The standard InChI is InChI=1S/C10H17NO3/c11-6-8-3-1-7(2-4-8)5-9(12)10(13)14/h7-8H,1-6,11H2,(H,13,14). The quantitative estimate of drug-likeness (QED) is 0.656. The Kier molecular flexibility index (Phi) is 4.07. The summed E-state index contributed by atoms with van der Waals surface area (Å²) in [5, 5.41) is 8.44. The first-order valence-electron chi connectivity index (χ1n) is 5.09. The van der Waals surface area contributed by atoms with Gasteiger partial charge in [0.15, 0.2) is 0 Å². The number of rotatable bonds is 4. The van der Waals surface area contributed by atoms with Crippen molar-refractivity contribution >= 4 is 11.8 Å². The number of ketones is 1. The van der Waals surface area contributed by atoms with Crippen LogP contribution in [0.1, 0.15) is 32.1 Å².